The van der Waals surface area contributed by atoms with Crippen molar-refractivity contribution in [2.24, 2.45) is 0 Å². The molecule has 53 heavy (non-hydrogen) atoms. The van der Waals surface area contributed by atoms with Gasteiger partial charge in [0.15, 0.2) is 0 Å². The molecule has 0 spiro atoms. The fourth-order valence-corrected chi connectivity index (χ4v) is 14.8. The second-order valence-electron chi connectivity index (χ2n) is 12.3. The molecule has 0 saturated carbocycles. The first-order valence-electron chi connectivity index (χ1n) is 16.7. The van der Waals surface area contributed by atoms with Crippen molar-refractivity contribution in [3.05, 3.63) is 213 Å². The van der Waals surface area contributed by atoms with Crippen molar-refractivity contribution in [3.63, 3.8) is 0 Å². The zero-order valence-electron chi connectivity index (χ0n) is 28.2. The molecule has 6 aromatic carbocycles. The third-order valence-corrected chi connectivity index (χ3v) is 17.4. The van der Waals surface area contributed by atoms with Crippen LogP contribution in [0.25, 0.3) is 23.3 Å². The molecule has 0 atom stereocenters. The molecule has 0 radical (unpaired) electrons. The maximum atomic E-state index is 14.7. The Labute approximate surface area is 321 Å². The molecule has 9 heteroatoms. The Kier molecular flexibility index (Phi) is 12.6. The maximum absolute atomic E-state index is 14.7. The van der Waals surface area contributed by atoms with Crippen LogP contribution in [0.4, 0.5) is 8.78 Å². The van der Waals surface area contributed by atoms with Gasteiger partial charge in [-0.05, 0) is 0 Å². The third-order valence-electron chi connectivity index (χ3n) is 8.26. The Hall–Kier alpha value is -5.02. The van der Waals surface area contributed by atoms with Gasteiger partial charge >= 0.3 is 324 Å². The first kappa shape index (κ1) is 37.7. The van der Waals surface area contributed by atoms with Crippen LogP contribution in [0.3, 0.4) is 0 Å². The van der Waals surface area contributed by atoms with Gasteiger partial charge in [0.1, 0.15) is 0 Å². The molecule has 264 valence electrons. The van der Waals surface area contributed by atoms with Crippen LogP contribution in [-0.4, -0.2) is 31.1 Å². The van der Waals surface area contributed by atoms with Gasteiger partial charge in [-0.1, -0.05) is 0 Å². The third kappa shape index (κ3) is 10.5. The monoisotopic (exact) mass is 852 g/mol. The van der Waals surface area contributed by atoms with Crippen molar-refractivity contribution in [1.82, 2.24) is 0 Å². The molecule has 6 rings (SSSR count). The molecule has 0 bridgehead atoms. The van der Waals surface area contributed by atoms with Crippen LogP contribution in [0.2, 0.25) is 10.0 Å². The summed E-state index contributed by atoms with van der Waals surface area (Å²) >= 11 is 7.28. The zero-order valence-corrected chi connectivity index (χ0v) is 32.6. The second kappa shape index (κ2) is 17.7. The minimum absolute atomic E-state index is 0.124. The van der Waals surface area contributed by atoms with E-state index in [4.69, 9.17) is 29.4 Å². The van der Waals surface area contributed by atoms with Crippen LogP contribution in [0.5, 0.6) is 0 Å². The summed E-state index contributed by atoms with van der Waals surface area (Å²) in [5.41, 5.74) is 3.67. The van der Waals surface area contributed by atoms with E-state index < -0.39 is 42.8 Å². The van der Waals surface area contributed by atoms with Gasteiger partial charge in [-0.2, -0.15) is 0 Å². The van der Waals surface area contributed by atoms with E-state index in [9.17, 15) is 18.4 Å². The Bertz CT molecular complexity index is 2100. The summed E-state index contributed by atoms with van der Waals surface area (Å²) in [5.74, 6) is -2.43. The average Bonchev–Trinajstić information content (AvgIpc) is 3.14. The normalized spacial score (nSPS) is 11.9. The predicted molar refractivity (Wildman–Crippen MR) is 210 cm³/mol. The Morgan fingerprint density at radius 1 is 0.509 bits per heavy atom. The summed E-state index contributed by atoms with van der Waals surface area (Å²) in [7, 11) is 0. The van der Waals surface area contributed by atoms with Crippen LogP contribution in [0, 0.1) is 11.6 Å². The molecule has 0 unspecified atom stereocenters. The summed E-state index contributed by atoms with van der Waals surface area (Å²) in [6.07, 6.45) is 3.09. The number of hydrogen-bond donors (Lipinski definition) is 0. The van der Waals surface area contributed by atoms with Crippen molar-refractivity contribution in [3.8, 4) is 0 Å². The van der Waals surface area contributed by atoms with Crippen LogP contribution < -0.4 is 0 Å². The Balaban J connectivity index is 1.50. The average molecular weight is 852 g/mol. The van der Waals surface area contributed by atoms with Crippen molar-refractivity contribution in [2.75, 3.05) is 0 Å². The van der Waals surface area contributed by atoms with Crippen LogP contribution in [0.15, 0.2) is 158 Å². The molecule has 0 amide bonds. The van der Waals surface area contributed by atoms with Gasteiger partial charge in [0, 0.05) is 0 Å². The zero-order chi connectivity index (χ0) is 37.2. The van der Waals surface area contributed by atoms with Crippen LogP contribution >= 0.6 is 23.2 Å². The number of benzene rings is 6. The fourth-order valence-electron chi connectivity index (χ4n) is 5.79. The molecule has 0 aromatic heterocycles. The minimum atomic E-state index is -5.14. The summed E-state index contributed by atoms with van der Waals surface area (Å²) in [6.45, 7) is 0. The number of rotatable bonds is 12. The van der Waals surface area contributed by atoms with E-state index in [1.807, 2.05) is 60.7 Å². The molecule has 0 aliphatic rings. The molecule has 4 nitrogen and oxygen atoms in total. The van der Waals surface area contributed by atoms with Gasteiger partial charge in [0.25, 0.3) is 0 Å². The second-order valence-corrected chi connectivity index (χ2v) is 21.5. The Morgan fingerprint density at radius 2 is 0.887 bits per heavy atom. The summed E-state index contributed by atoms with van der Waals surface area (Å²) in [5, 5.41) is 0.922. The molecule has 0 heterocycles. The molecule has 0 N–H and O–H groups in total. The van der Waals surface area contributed by atoms with Crippen LogP contribution in [-0.2, 0) is 24.6 Å². The molecule has 0 aliphatic carbocycles. The van der Waals surface area contributed by atoms with Gasteiger partial charge in [-0.3, -0.25) is 0 Å². The predicted octanol–water partition coefficient (Wildman–Crippen LogP) is 11.1. The van der Waals surface area contributed by atoms with E-state index >= 15 is 0 Å². The van der Waals surface area contributed by atoms with Crippen molar-refractivity contribution < 1.29 is 24.5 Å². The standard InChI is InChI=1S/2C15H10ClFO2.2C7H7.Sn/c2*16-12-6-4-11(5-7-12)14(15(18)19)9-10-2-1-3-13(17)8-10;2*1-7-5-3-2-4-6-7;/h2*1-9H,(H,18,19);2*2-6H,1H2;/q;;;;+2/p-2/b2*14-9+;;;. The molecule has 0 saturated heterocycles. The first-order chi connectivity index (χ1) is 25.6. The number of hydrogen-bond acceptors (Lipinski definition) is 4. The molecular weight excluding hydrogens is 820 g/mol. The van der Waals surface area contributed by atoms with Crippen molar-refractivity contribution in [2.45, 2.75) is 8.87 Å². The SMILES string of the molecule is O=C([O][Sn]([CH2]c1ccccc1)([CH2]c1ccccc1)[O]C(=O)/C(=C/c1cccc(F)c1)c1ccc(Cl)cc1)/C(=C/c1cccc(F)c1)c1ccc(Cl)cc1. The summed E-state index contributed by atoms with van der Waals surface area (Å²) < 4.78 is 42.4. The van der Waals surface area contributed by atoms with Gasteiger partial charge in [-0.25, -0.2) is 0 Å². The molecule has 0 aliphatic heterocycles. The van der Waals surface area contributed by atoms with E-state index in [1.54, 1.807) is 84.9 Å². The molecule has 0 fully saturated rings. The number of halogens is 4. The quantitative estimate of drug-likeness (QED) is 0.0699. The Morgan fingerprint density at radius 3 is 1.25 bits per heavy atom. The van der Waals surface area contributed by atoms with E-state index in [0.29, 0.717) is 32.3 Å². The van der Waals surface area contributed by atoms with Gasteiger partial charge in [0.05, 0.1) is 0 Å². The van der Waals surface area contributed by atoms with E-state index in [2.05, 4.69) is 0 Å². The fraction of sp³-hybridized carbons (Fsp3) is 0.0455. The number of carbonyl (C=O) groups is 2. The molecule has 6 aromatic rings. The van der Waals surface area contributed by atoms with E-state index in [1.165, 1.54) is 24.3 Å². The topological polar surface area (TPSA) is 52.6 Å². The van der Waals surface area contributed by atoms with Gasteiger partial charge < -0.3 is 0 Å². The summed E-state index contributed by atoms with van der Waals surface area (Å²) in [4.78, 5) is 29.3. The van der Waals surface area contributed by atoms with Crippen molar-refractivity contribution >= 4 is 77.6 Å². The van der Waals surface area contributed by atoms with Crippen LogP contribution in [0.1, 0.15) is 33.4 Å². The van der Waals surface area contributed by atoms with Crippen molar-refractivity contribution in [1.29, 1.82) is 0 Å². The van der Waals surface area contributed by atoms with E-state index in [-0.39, 0.29) is 20.0 Å². The summed E-state index contributed by atoms with van der Waals surface area (Å²) in [6, 6.07) is 43.7. The van der Waals surface area contributed by atoms with Gasteiger partial charge in [0.2, 0.25) is 0 Å². The first-order valence-corrected chi connectivity index (χ1v) is 23.8. The molecular formula is C44H32Cl2F2O4Sn. The number of carbonyl (C=O) groups excluding carboxylic acids is 2. The van der Waals surface area contributed by atoms with Gasteiger partial charge in [-0.15, -0.1) is 0 Å². The van der Waals surface area contributed by atoms with E-state index in [0.717, 1.165) is 11.1 Å².